The molecule has 0 amide bonds. The predicted octanol–water partition coefficient (Wildman–Crippen LogP) is 6.87. The maximum Gasteiger partial charge on any atom is 0.141 e. The maximum atomic E-state index is 6.06. The Labute approximate surface area is 184 Å². The van der Waals surface area contributed by atoms with Crippen molar-refractivity contribution in [2.75, 3.05) is 6.61 Å². The van der Waals surface area contributed by atoms with Crippen LogP contribution in [0.4, 0.5) is 0 Å². The van der Waals surface area contributed by atoms with Gasteiger partial charge >= 0.3 is 0 Å². The molecule has 1 aromatic heterocycles. The van der Waals surface area contributed by atoms with E-state index in [2.05, 4.69) is 54.8 Å². The van der Waals surface area contributed by atoms with E-state index in [1.807, 2.05) is 36.4 Å². The van der Waals surface area contributed by atoms with Crippen LogP contribution in [0.1, 0.15) is 38.7 Å². The molecular weight excluding hydrogens is 384 g/mol. The molecule has 3 aromatic carbocycles. The van der Waals surface area contributed by atoms with Crippen LogP contribution in [-0.4, -0.2) is 16.2 Å². The average molecular weight is 415 g/mol. The largest absolute Gasteiger partial charge is 0.494 e. The zero-order chi connectivity index (χ0) is 21.5. The molecule has 4 aromatic rings. The van der Waals surface area contributed by atoms with Gasteiger partial charge in [0.05, 0.1) is 17.6 Å². The van der Waals surface area contributed by atoms with Crippen molar-refractivity contribution >= 4 is 11.0 Å². The number of nitrogens with zero attached hydrogens (tertiary/aromatic N) is 2. The van der Waals surface area contributed by atoms with Crippen LogP contribution in [0.3, 0.4) is 0 Å². The number of fused-ring (bicyclic) bond motifs is 1. The minimum absolute atomic E-state index is 0.550. The minimum Gasteiger partial charge on any atom is -0.494 e. The van der Waals surface area contributed by atoms with Crippen molar-refractivity contribution in [2.24, 2.45) is 0 Å². The van der Waals surface area contributed by atoms with E-state index in [-0.39, 0.29) is 0 Å². The lowest BCUT2D eigenvalue weighted by molar-refractivity contribution is 0.306. The summed E-state index contributed by atoms with van der Waals surface area (Å²) in [6.45, 7) is 6.53. The molecule has 0 saturated carbocycles. The second kappa shape index (κ2) is 10.2. The quantitative estimate of drug-likeness (QED) is 0.284. The van der Waals surface area contributed by atoms with Crippen molar-refractivity contribution in [2.45, 2.75) is 46.3 Å². The summed E-state index contributed by atoms with van der Waals surface area (Å²) in [5, 5.41) is 0. The van der Waals surface area contributed by atoms with Gasteiger partial charge in [0.15, 0.2) is 0 Å². The first-order chi connectivity index (χ1) is 15.3. The number of hydrogen-bond donors (Lipinski definition) is 0. The summed E-state index contributed by atoms with van der Waals surface area (Å²) in [6, 6.07) is 24.6. The van der Waals surface area contributed by atoms with Gasteiger partial charge in [-0.25, -0.2) is 4.98 Å². The molecule has 0 unspecified atom stereocenters. The van der Waals surface area contributed by atoms with Gasteiger partial charge in [0.2, 0.25) is 0 Å². The average Bonchev–Trinajstić information content (AvgIpc) is 3.18. The van der Waals surface area contributed by atoms with Crippen molar-refractivity contribution in [3.8, 4) is 22.9 Å². The van der Waals surface area contributed by atoms with Gasteiger partial charge in [0.1, 0.15) is 23.9 Å². The van der Waals surface area contributed by atoms with Crippen molar-refractivity contribution in [3.63, 3.8) is 0 Å². The third-order valence-electron chi connectivity index (χ3n) is 5.27. The lowest BCUT2D eigenvalue weighted by Gasteiger charge is -2.11. The molecule has 4 nitrogen and oxygen atoms in total. The summed E-state index contributed by atoms with van der Waals surface area (Å²) in [5.41, 5.74) is 4.33. The summed E-state index contributed by atoms with van der Waals surface area (Å²) in [6.07, 6.45) is 3.22. The Morgan fingerprint density at radius 3 is 2.45 bits per heavy atom. The Bertz CT molecular complexity index is 1120. The fourth-order valence-corrected chi connectivity index (χ4v) is 3.64. The van der Waals surface area contributed by atoms with Crippen LogP contribution in [0.5, 0.6) is 11.5 Å². The molecule has 0 spiro atoms. The normalized spacial score (nSPS) is 11.0. The van der Waals surface area contributed by atoms with Crippen LogP contribution in [0.2, 0.25) is 0 Å². The van der Waals surface area contributed by atoms with E-state index in [1.165, 1.54) is 0 Å². The summed E-state index contributed by atoms with van der Waals surface area (Å²) < 4.78 is 14.2. The third-order valence-corrected chi connectivity index (χ3v) is 5.27. The maximum absolute atomic E-state index is 6.06. The van der Waals surface area contributed by atoms with Gasteiger partial charge in [-0.05, 0) is 42.7 Å². The molecule has 0 fully saturated rings. The Balaban J connectivity index is 1.65. The predicted molar refractivity (Wildman–Crippen MR) is 127 cm³/mol. The van der Waals surface area contributed by atoms with Gasteiger partial charge in [-0.15, -0.1) is 0 Å². The molecular formula is C27H30N2O2. The molecule has 1 heterocycles. The van der Waals surface area contributed by atoms with Crippen LogP contribution in [0.25, 0.3) is 22.4 Å². The van der Waals surface area contributed by atoms with Gasteiger partial charge in [-0.2, -0.15) is 0 Å². The van der Waals surface area contributed by atoms with Crippen molar-refractivity contribution in [3.05, 3.63) is 78.4 Å². The Morgan fingerprint density at radius 2 is 1.65 bits per heavy atom. The van der Waals surface area contributed by atoms with Crippen molar-refractivity contribution < 1.29 is 9.47 Å². The summed E-state index contributed by atoms with van der Waals surface area (Å²) in [4.78, 5) is 4.97. The highest BCUT2D eigenvalue weighted by Gasteiger charge is 2.14. The van der Waals surface area contributed by atoms with E-state index in [0.29, 0.717) is 6.61 Å². The van der Waals surface area contributed by atoms with Crippen LogP contribution >= 0.6 is 0 Å². The van der Waals surface area contributed by atoms with Crippen LogP contribution < -0.4 is 9.47 Å². The summed E-state index contributed by atoms with van der Waals surface area (Å²) in [5.74, 6) is 2.72. The first kappa shape index (κ1) is 21.0. The highest BCUT2D eigenvalue weighted by atomic mass is 16.5. The Hall–Kier alpha value is -3.27. The first-order valence-electron chi connectivity index (χ1n) is 11.2. The molecule has 4 rings (SSSR count). The van der Waals surface area contributed by atoms with Gasteiger partial charge in [-0.1, -0.05) is 62.7 Å². The van der Waals surface area contributed by atoms with Gasteiger partial charge in [0.25, 0.3) is 0 Å². The third kappa shape index (κ3) is 5.08. The molecule has 0 aliphatic carbocycles. The Kier molecular flexibility index (Phi) is 6.88. The first-order valence-corrected chi connectivity index (χ1v) is 11.2. The second-order valence-corrected chi connectivity index (χ2v) is 7.74. The van der Waals surface area contributed by atoms with E-state index in [9.17, 15) is 0 Å². The van der Waals surface area contributed by atoms with Crippen LogP contribution in [0.15, 0.2) is 72.8 Å². The molecule has 0 radical (unpaired) electrons. The summed E-state index contributed by atoms with van der Waals surface area (Å²) in [7, 11) is 0. The highest BCUT2D eigenvalue weighted by Crippen LogP contribution is 2.30. The SMILES string of the molecule is CCCCn1c(-c2cccc(OCc3ccccc3)c2)nc2ccc(OCCC)cc21. The molecule has 0 atom stereocenters. The monoisotopic (exact) mass is 414 g/mol. The van der Waals surface area contributed by atoms with Gasteiger partial charge in [0, 0.05) is 18.2 Å². The van der Waals surface area contributed by atoms with Crippen LogP contribution in [0, 0.1) is 0 Å². The fraction of sp³-hybridized carbons (Fsp3) is 0.296. The van der Waals surface area contributed by atoms with E-state index in [0.717, 1.165) is 71.9 Å². The molecule has 31 heavy (non-hydrogen) atoms. The van der Waals surface area contributed by atoms with Crippen LogP contribution in [-0.2, 0) is 13.2 Å². The van der Waals surface area contributed by atoms with Crippen molar-refractivity contribution in [1.29, 1.82) is 0 Å². The number of aromatic nitrogens is 2. The smallest absolute Gasteiger partial charge is 0.141 e. The lowest BCUT2D eigenvalue weighted by atomic mass is 10.2. The lowest BCUT2D eigenvalue weighted by Crippen LogP contribution is -2.02. The number of hydrogen-bond acceptors (Lipinski definition) is 3. The number of rotatable bonds is 10. The minimum atomic E-state index is 0.550. The summed E-state index contributed by atoms with van der Waals surface area (Å²) >= 11 is 0. The highest BCUT2D eigenvalue weighted by molar-refractivity contribution is 5.82. The zero-order valence-corrected chi connectivity index (χ0v) is 18.4. The molecule has 0 aliphatic heterocycles. The molecule has 0 saturated heterocycles. The second-order valence-electron chi connectivity index (χ2n) is 7.74. The van der Waals surface area contributed by atoms with E-state index in [1.54, 1.807) is 0 Å². The van der Waals surface area contributed by atoms with E-state index in [4.69, 9.17) is 14.5 Å². The molecule has 0 N–H and O–H groups in total. The van der Waals surface area contributed by atoms with E-state index >= 15 is 0 Å². The van der Waals surface area contributed by atoms with Gasteiger partial charge in [-0.3, -0.25) is 0 Å². The number of imidazole rings is 1. The molecule has 0 bridgehead atoms. The number of ether oxygens (including phenoxy) is 2. The number of aryl methyl sites for hydroxylation is 1. The number of unbranched alkanes of at least 4 members (excludes halogenated alkanes) is 1. The molecule has 4 heteroatoms. The zero-order valence-electron chi connectivity index (χ0n) is 18.4. The van der Waals surface area contributed by atoms with Gasteiger partial charge < -0.3 is 14.0 Å². The fourth-order valence-electron chi connectivity index (χ4n) is 3.64. The number of benzene rings is 3. The topological polar surface area (TPSA) is 36.3 Å². The molecule has 0 aliphatic rings. The molecule has 160 valence electrons. The Morgan fingerprint density at radius 1 is 0.806 bits per heavy atom. The van der Waals surface area contributed by atoms with E-state index < -0.39 is 0 Å². The standard InChI is InChI=1S/C27H30N2O2/c1-3-5-16-29-26-19-24(30-17-4-2)14-15-25(26)28-27(29)22-12-9-13-23(18-22)31-20-21-10-7-6-8-11-21/h6-15,18-19H,3-5,16-17,20H2,1-2H3. The van der Waals surface area contributed by atoms with Crippen molar-refractivity contribution in [1.82, 2.24) is 9.55 Å².